The summed E-state index contributed by atoms with van der Waals surface area (Å²) in [6, 6.07) is 0.331. The van der Waals surface area contributed by atoms with E-state index in [4.69, 9.17) is 17.3 Å². The Bertz CT molecular complexity index is 404. The fourth-order valence-corrected chi connectivity index (χ4v) is 1.59. The number of hydrogen-bond donors (Lipinski definition) is 1. The van der Waals surface area contributed by atoms with Crippen molar-refractivity contribution in [3.05, 3.63) is 34.4 Å². The zero-order valence-electron chi connectivity index (χ0n) is 8.49. The number of hydrogen-bond acceptors (Lipinski definition) is 1. The van der Waals surface area contributed by atoms with Crippen LogP contribution in [0.15, 0.2) is 12.1 Å². The molecule has 0 bridgehead atoms. The maximum Gasteiger partial charge on any atom is 0.389 e. The van der Waals surface area contributed by atoms with Crippen LogP contribution in [-0.2, 0) is 0 Å². The summed E-state index contributed by atoms with van der Waals surface area (Å²) >= 11 is 5.58. The maximum absolute atomic E-state index is 12.9. The normalized spacial score (nSPS) is 13.8. The van der Waals surface area contributed by atoms with Gasteiger partial charge in [-0.25, -0.2) is 8.78 Å². The van der Waals surface area contributed by atoms with E-state index in [0.29, 0.717) is 6.07 Å². The Morgan fingerprint density at radius 1 is 1.18 bits per heavy atom. The standard InChI is InChI=1S/C10H9ClF5N/c11-6-4-8(13)7(12)3-5(6)9(17)1-2-10(14,15)16/h3-4,9H,1-2,17H2. The van der Waals surface area contributed by atoms with Crippen molar-refractivity contribution in [2.45, 2.75) is 25.1 Å². The highest BCUT2D eigenvalue weighted by molar-refractivity contribution is 6.31. The van der Waals surface area contributed by atoms with Gasteiger partial charge in [0.15, 0.2) is 11.6 Å². The SMILES string of the molecule is NC(CCC(F)(F)F)c1cc(F)c(F)cc1Cl. The van der Waals surface area contributed by atoms with Crippen LogP contribution in [0.2, 0.25) is 5.02 Å². The molecule has 0 fully saturated rings. The average Bonchev–Trinajstić information content (AvgIpc) is 2.19. The molecule has 17 heavy (non-hydrogen) atoms. The second-order valence-electron chi connectivity index (χ2n) is 3.55. The summed E-state index contributed by atoms with van der Waals surface area (Å²) in [5.74, 6) is -2.35. The van der Waals surface area contributed by atoms with Crippen molar-refractivity contribution in [1.82, 2.24) is 0 Å². The predicted octanol–water partition coefficient (Wildman–Crippen LogP) is 3.96. The highest BCUT2D eigenvalue weighted by Crippen LogP contribution is 2.30. The Morgan fingerprint density at radius 3 is 2.24 bits per heavy atom. The van der Waals surface area contributed by atoms with Gasteiger partial charge in [0.25, 0.3) is 0 Å². The van der Waals surface area contributed by atoms with Crippen LogP contribution < -0.4 is 5.73 Å². The Balaban J connectivity index is 2.82. The molecule has 0 saturated carbocycles. The Hall–Kier alpha value is -0.880. The van der Waals surface area contributed by atoms with Crippen LogP contribution in [0.1, 0.15) is 24.4 Å². The van der Waals surface area contributed by atoms with Gasteiger partial charge in [-0.1, -0.05) is 11.6 Å². The summed E-state index contributed by atoms with van der Waals surface area (Å²) in [5, 5.41) is -0.182. The van der Waals surface area contributed by atoms with Crippen molar-refractivity contribution in [2.75, 3.05) is 0 Å². The van der Waals surface area contributed by atoms with Crippen LogP contribution in [0.3, 0.4) is 0 Å². The summed E-state index contributed by atoms with van der Waals surface area (Å²) in [4.78, 5) is 0. The molecule has 1 aromatic rings. The van der Waals surface area contributed by atoms with Crippen LogP contribution in [0.4, 0.5) is 22.0 Å². The number of rotatable bonds is 3. The third-order valence-electron chi connectivity index (χ3n) is 2.18. The van der Waals surface area contributed by atoms with Gasteiger partial charge in [0.05, 0.1) is 0 Å². The molecule has 0 aliphatic rings. The number of alkyl halides is 3. The Kier molecular flexibility index (Phi) is 4.32. The van der Waals surface area contributed by atoms with E-state index in [9.17, 15) is 22.0 Å². The summed E-state index contributed by atoms with van der Waals surface area (Å²) in [5.41, 5.74) is 5.42. The molecule has 0 spiro atoms. The molecular weight excluding hydrogens is 265 g/mol. The molecule has 0 aliphatic carbocycles. The first-order valence-corrected chi connectivity index (χ1v) is 5.05. The van der Waals surface area contributed by atoms with E-state index < -0.39 is 36.7 Å². The molecule has 0 saturated heterocycles. The first kappa shape index (κ1) is 14.2. The largest absolute Gasteiger partial charge is 0.389 e. The summed E-state index contributed by atoms with van der Waals surface area (Å²) in [6.45, 7) is 0. The van der Waals surface area contributed by atoms with Gasteiger partial charge in [0.1, 0.15) is 0 Å². The van der Waals surface area contributed by atoms with E-state index in [1.807, 2.05) is 0 Å². The highest BCUT2D eigenvalue weighted by Gasteiger charge is 2.28. The lowest BCUT2D eigenvalue weighted by molar-refractivity contribution is -0.136. The van der Waals surface area contributed by atoms with Crippen molar-refractivity contribution >= 4 is 11.6 Å². The molecule has 1 atom stereocenters. The van der Waals surface area contributed by atoms with Crippen molar-refractivity contribution in [3.8, 4) is 0 Å². The molecule has 1 unspecified atom stereocenters. The third-order valence-corrected chi connectivity index (χ3v) is 2.51. The van der Waals surface area contributed by atoms with E-state index in [1.165, 1.54) is 0 Å². The molecule has 0 aromatic heterocycles. The molecule has 1 aromatic carbocycles. The van der Waals surface area contributed by atoms with Crippen LogP contribution in [0, 0.1) is 11.6 Å². The minimum atomic E-state index is -4.34. The molecule has 0 amide bonds. The Morgan fingerprint density at radius 2 is 1.71 bits per heavy atom. The lowest BCUT2D eigenvalue weighted by Crippen LogP contribution is -2.16. The molecule has 0 heterocycles. The van der Waals surface area contributed by atoms with Gasteiger partial charge < -0.3 is 5.73 Å². The van der Waals surface area contributed by atoms with E-state index in [1.54, 1.807) is 0 Å². The van der Waals surface area contributed by atoms with Gasteiger partial charge in [-0.2, -0.15) is 13.2 Å². The quantitative estimate of drug-likeness (QED) is 0.655. The lowest BCUT2D eigenvalue weighted by Gasteiger charge is -2.15. The van der Waals surface area contributed by atoms with Crippen LogP contribution in [0.25, 0.3) is 0 Å². The molecule has 96 valence electrons. The molecule has 1 nitrogen and oxygen atoms in total. The van der Waals surface area contributed by atoms with E-state index in [2.05, 4.69) is 0 Å². The lowest BCUT2D eigenvalue weighted by atomic mass is 10.0. The fraction of sp³-hybridized carbons (Fsp3) is 0.400. The van der Waals surface area contributed by atoms with Crippen molar-refractivity contribution in [1.29, 1.82) is 0 Å². The van der Waals surface area contributed by atoms with Crippen molar-refractivity contribution in [3.63, 3.8) is 0 Å². The smallest absolute Gasteiger partial charge is 0.324 e. The molecule has 7 heteroatoms. The monoisotopic (exact) mass is 273 g/mol. The second-order valence-corrected chi connectivity index (χ2v) is 3.96. The van der Waals surface area contributed by atoms with Gasteiger partial charge in [-0.15, -0.1) is 0 Å². The minimum absolute atomic E-state index is 0.0326. The molecule has 1 rings (SSSR count). The van der Waals surface area contributed by atoms with Crippen molar-refractivity contribution in [2.24, 2.45) is 5.73 Å². The Labute approximate surface area is 99.4 Å². The van der Waals surface area contributed by atoms with Gasteiger partial charge >= 0.3 is 6.18 Å². The second kappa shape index (κ2) is 5.18. The van der Waals surface area contributed by atoms with Gasteiger partial charge in [0.2, 0.25) is 0 Å². The fourth-order valence-electron chi connectivity index (χ4n) is 1.30. The maximum atomic E-state index is 12.9. The summed E-state index contributed by atoms with van der Waals surface area (Å²) in [6.07, 6.45) is -5.89. The summed E-state index contributed by atoms with van der Waals surface area (Å²) < 4.78 is 61.5. The highest BCUT2D eigenvalue weighted by atomic mass is 35.5. The zero-order chi connectivity index (χ0) is 13.2. The van der Waals surface area contributed by atoms with Gasteiger partial charge in [-0.3, -0.25) is 0 Å². The topological polar surface area (TPSA) is 26.0 Å². The molecule has 2 N–H and O–H groups in total. The van der Waals surface area contributed by atoms with Crippen molar-refractivity contribution < 1.29 is 22.0 Å². The van der Waals surface area contributed by atoms with E-state index >= 15 is 0 Å². The predicted molar refractivity (Wildman–Crippen MR) is 53.6 cm³/mol. The van der Waals surface area contributed by atoms with Crippen LogP contribution >= 0.6 is 11.6 Å². The zero-order valence-corrected chi connectivity index (χ0v) is 9.25. The number of benzene rings is 1. The minimum Gasteiger partial charge on any atom is -0.324 e. The van der Waals surface area contributed by atoms with E-state index in [0.717, 1.165) is 6.07 Å². The first-order valence-electron chi connectivity index (χ1n) is 4.67. The number of halogens is 6. The van der Waals surface area contributed by atoms with Crippen LogP contribution in [-0.4, -0.2) is 6.18 Å². The molecular formula is C10H9ClF5N. The van der Waals surface area contributed by atoms with E-state index in [-0.39, 0.29) is 10.6 Å². The first-order chi connectivity index (χ1) is 7.70. The number of nitrogens with two attached hydrogens (primary N) is 1. The summed E-state index contributed by atoms with van der Waals surface area (Å²) in [7, 11) is 0. The van der Waals surface area contributed by atoms with Gasteiger partial charge in [0, 0.05) is 17.5 Å². The van der Waals surface area contributed by atoms with Crippen LogP contribution in [0.5, 0.6) is 0 Å². The average molecular weight is 274 g/mol. The molecule has 0 aliphatic heterocycles. The van der Waals surface area contributed by atoms with Gasteiger partial charge in [-0.05, 0) is 24.1 Å². The third kappa shape index (κ3) is 4.12. The molecule has 0 radical (unpaired) electrons.